The zero-order valence-corrected chi connectivity index (χ0v) is 10.1. The molecular formula is C13H21NO. The maximum absolute atomic E-state index is 9.86. The van der Waals surface area contributed by atoms with Crippen molar-refractivity contribution in [1.29, 1.82) is 0 Å². The van der Waals surface area contributed by atoms with E-state index < -0.39 is 0 Å². The van der Waals surface area contributed by atoms with Crippen molar-refractivity contribution in [2.24, 2.45) is 5.92 Å². The van der Waals surface area contributed by atoms with Gasteiger partial charge in [-0.05, 0) is 31.4 Å². The van der Waals surface area contributed by atoms with Crippen LogP contribution in [0.3, 0.4) is 0 Å². The Morgan fingerprint density at radius 2 is 2.13 bits per heavy atom. The fourth-order valence-corrected chi connectivity index (χ4v) is 1.42. The molecule has 0 aliphatic rings. The largest absolute Gasteiger partial charge is 0.388 e. The van der Waals surface area contributed by atoms with Crippen molar-refractivity contribution in [3.05, 3.63) is 35.7 Å². The number of rotatable bonds is 4. The normalized spacial score (nSPS) is 12.9. The summed E-state index contributed by atoms with van der Waals surface area (Å²) < 4.78 is 2.09. The van der Waals surface area contributed by atoms with Crippen LogP contribution in [0.5, 0.6) is 0 Å². The molecule has 1 heterocycles. The molecule has 84 valence electrons. The van der Waals surface area contributed by atoms with E-state index in [0.29, 0.717) is 0 Å². The Hall–Kier alpha value is -1.02. The van der Waals surface area contributed by atoms with E-state index in [4.69, 9.17) is 0 Å². The average molecular weight is 207 g/mol. The third kappa shape index (κ3) is 3.56. The molecule has 0 fully saturated rings. The molecule has 2 heteroatoms. The molecule has 0 amide bonds. The fraction of sp³-hybridized carbons (Fsp3) is 0.538. The molecule has 1 unspecified atom stereocenters. The monoisotopic (exact) mass is 207 g/mol. The number of aliphatic hydroxyl groups excluding tert-OH is 1. The van der Waals surface area contributed by atoms with Crippen LogP contribution in [-0.2, 0) is 6.54 Å². The summed E-state index contributed by atoms with van der Waals surface area (Å²) in [7, 11) is 0. The van der Waals surface area contributed by atoms with Gasteiger partial charge in [0.1, 0.15) is 0 Å². The molecule has 0 saturated carbocycles. The van der Waals surface area contributed by atoms with Gasteiger partial charge < -0.3 is 9.67 Å². The summed E-state index contributed by atoms with van der Waals surface area (Å²) >= 11 is 0. The van der Waals surface area contributed by atoms with Crippen molar-refractivity contribution >= 4 is 0 Å². The maximum Gasteiger partial charge on any atom is 0.0827 e. The highest BCUT2D eigenvalue weighted by Gasteiger charge is 2.12. The standard InChI is InChI=1S/C13H21NO/c1-10(2)5-7-14-8-6-12(9-14)13(15)11(3)4/h5-6,8-9,11,13,15H,7H2,1-4H3. The summed E-state index contributed by atoms with van der Waals surface area (Å²) in [6.07, 6.45) is 5.86. The second-order valence-electron chi connectivity index (χ2n) is 4.61. The summed E-state index contributed by atoms with van der Waals surface area (Å²) in [6.45, 7) is 9.12. The molecular weight excluding hydrogens is 186 g/mol. The van der Waals surface area contributed by atoms with E-state index in [2.05, 4.69) is 24.5 Å². The van der Waals surface area contributed by atoms with Gasteiger partial charge in [0.05, 0.1) is 6.10 Å². The molecule has 0 aromatic carbocycles. The van der Waals surface area contributed by atoms with Gasteiger partial charge in [-0.2, -0.15) is 0 Å². The van der Waals surface area contributed by atoms with Gasteiger partial charge in [0.15, 0.2) is 0 Å². The van der Waals surface area contributed by atoms with Crippen LogP contribution in [0.15, 0.2) is 30.1 Å². The maximum atomic E-state index is 9.86. The smallest absolute Gasteiger partial charge is 0.0827 e. The Kier molecular flexibility index (Phi) is 4.15. The molecule has 0 aliphatic heterocycles. The molecule has 15 heavy (non-hydrogen) atoms. The molecule has 0 aliphatic carbocycles. The highest BCUT2D eigenvalue weighted by Crippen LogP contribution is 2.21. The molecule has 1 aromatic heterocycles. The van der Waals surface area contributed by atoms with E-state index in [1.165, 1.54) is 5.57 Å². The van der Waals surface area contributed by atoms with Crippen LogP contribution in [0.4, 0.5) is 0 Å². The highest BCUT2D eigenvalue weighted by molar-refractivity contribution is 5.14. The van der Waals surface area contributed by atoms with E-state index in [1.54, 1.807) is 0 Å². The fourth-order valence-electron chi connectivity index (χ4n) is 1.42. The van der Waals surface area contributed by atoms with Crippen molar-refractivity contribution in [2.45, 2.75) is 40.3 Å². The predicted octanol–water partition coefficient (Wildman–Crippen LogP) is 3.14. The van der Waals surface area contributed by atoms with E-state index >= 15 is 0 Å². The first kappa shape index (κ1) is 12.1. The lowest BCUT2D eigenvalue weighted by molar-refractivity contribution is 0.127. The molecule has 1 N–H and O–H groups in total. The quantitative estimate of drug-likeness (QED) is 0.754. The third-order valence-corrected chi connectivity index (χ3v) is 2.46. The molecule has 0 radical (unpaired) electrons. The Morgan fingerprint density at radius 3 is 2.67 bits per heavy atom. The molecule has 1 atom stereocenters. The molecule has 0 bridgehead atoms. The third-order valence-electron chi connectivity index (χ3n) is 2.46. The van der Waals surface area contributed by atoms with Gasteiger partial charge in [0.25, 0.3) is 0 Å². The molecule has 1 rings (SSSR count). The van der Waals surface area contributed by atoms with Gasteiger partial charge in [0.2, 0.25) is 0 Å². The summed E-state index contributed by atoms with van der Waals surface area (Å²) in [5.74, 6) is 0.268. The lowest BCUT2D eigenvalue weighted by Crippen LogP contribution is -2.04. The Labute approximate surface area is 92.2 Å². The topological polar surface area (TPSA) is 25.2 Å². The van der Waals surface area contributed by atoms with Crippen molar-refractivity contribution in [2.75, 3.05) is 0 Å². The van der Waals surface area contributed by atoms with Gasteiger partial charge in [-0.15, -0.1) is 0 Å². The first-order valence-corrected chi connectivity index (χ1v) is 5.48. The van der Waals surface area contributed by atoms with Crippen LogP contribution < -0.4 is 0 Å². The van der Waals surface area contributed by atoms with Crippen LogP contribution in [0.1, 0.15) is 39.4 Å². The summed E-state index contributed by atoms with van der Waals surface area (Å²) in [4.78, 5) is 0. The van der Waals surface area contributed by atoms with E-state index in [9.17, 15) is 5.11 Å². The zero-order valence-electron chi connectivity index (χ0n) is 10.1. The first-order chi connectivity index (χ1) is 7.00. The van der Waals surface area contributed by atoms with Crippen LogP contribution in [-0.4, -0.2) is 9.67 Å². The number of allylic oxidation sites excluding steroid dienone is 2. The Bertz CT molecular complexity index is 332. The molecule has 1 aromatic rings. The van der Waals surface area contributed by atoms with Crippen LogP contribution in [0.25, 0.3) is 0 Å². The Balaban J connectivity index is 2.68. The van der Waals surface area contributed by atoms with Gasteiger partial charge in [-0.25, -0.2) is 0 Å². The van der Waals surface area contributed by atoms with E-state index in [0.717, 1.165) is 12.1 Å². The highest BCUT2D eigenvalue weighted by atomic mass is 16.3. The number of hydrogen-bond donors (Lipinski definition) is 1. The van der Waals surface area contributed by atoms with Crippen molar-refractivity contribution < 1.29 is 5.11 Å². The summed E-state index contributed by atoms with van der Waals surface area (Å²) in [6, 6.07) is 1.99. The number of aromatic nitrogens is 1. The van der Waals surface area contributed by atoms with E-state index in [-0.39, 0.29) is 12.0 Å². The lowest BCUT2D eigenvalue weighted by atomic mass is 10.0. The van der Waals surface area contributed by atoms with Crippen molar-refractivity contribution in [3.8, 4) is 0 Å². The minimum atomic E-state index is -0.349. The van der Waals surface area contributed by atoms with Gasteiger partial charge >= 0.3 is 0 Å². The van der Waals surface area contributed by atoms with E-state index in [1.807, 2.05) is 32.3 Å². The Morgan fingerprint density at radius 1 is 1.47 bits per heavy atom. The summed E-state index contributed by atoms with van der Waals surface area (Å²) in [5, 5.41) is 9.86. The summed E-state index contributed by atoms with van der Waals surface area (Å²) in [5.41, 5.74) is 2.32. The van der Waals surface area contributed by atoms with Crippen molar-refractivity contribution in [3.63, 3.8) is 0 Å². The van der Waals surface area contributed by atoms with Gasteiger partial charge in [-0.1, -0.05) is 25.5 Å². The molecule has 0 saturated heterocycles. The number of nitrogens with zero attached hydrogens (tertiary/aromatic N) is 1. The molecule has 0 spiro atoms. The van der Waals surface area contributed by atoms with Crippen LogP contribution in [0.2, 0.25) is 0 Å². The number of aliphatic hydroxyl groups is 1. The zero-order chi connectivity index (χ0) is 11.4. The lowest BCUT2D eigenvalue weighted by Gasteiger charge is -2.12. The second kappa shape index (κ2) is 5.17. The minimum absolute atomic E-state index is 0.268. The number of hydrogen-bond acceptors (Lipinski definition) is 1. The van der Waals surface area contributed by atoms with Crippen LogP contribution in [0, 0.1) is 5.92 Å². The van der Waals surface area contributed by atoms with Gasteiger partial charge in [0, 0.05) is 18.9 Å². The van der Waals surface area contributed by atoms with Gasteiger partial charge in [-0.3, -0.25) is 0 Å². The van der Waals surface area contributed by atoms with Crippen molar-refractivity contribution in [1.82, 2.24) is 4.57 Å². The predicted molar refractivity (Wildman–Crippen MR) is 63.7 cm³/mol. The molecule has 2 nitrogen and oxygen atoms in total. The minimum Gasteiger partial charge on any atom is -0.388 e. The average Bonchev–Trinajstić information content (AvgIpc) is 2.61. The second-order valence-corrected chi connectivity index (χ2v) is 4.61. The van der Waals surface area contributed by atoms with Crippen LogP contribution >= 0.6 is 0 Å². The SMILES string of the molecule is CC(C)=CCn1ccc(C(O)C(C)C)c1. The first-order valence-electron chi connectivity index (χ1n) is 5.48.